The first-order valence-corrected chi connectivity index (χ1v) is 9.60. The number of nitrogens with zero attached hydrogens (tertiary/aromatic N) is 6. The molecule has 2 unspecified atom stereocenters. The summed E-state index contributed by atoms with van der Waals surface area (Å²) in [7, 11) is 0. The van der Waals surface area contributed by atoms with E-state index in [0.29, 0.717) is 12.6 Å². The fourth-order valence-corrected chi connectivity index (χ4v) is 4.59. The van der Waals surface area contributed by atoms with E-state index in [2.05, 4.69) is 55.5 Å². The van der Waals surface area contributed by atoms with Gasteiger partial charge in [0.25, 0.3) is 0 Å². The second-order valence-electron chi connectivity index (χ2n) is 7.56. The lowest BCUT2D eigenvalue weighted by molar-refractivity contribution is -0.138. The summed E-state index contributed by atoms with van der Waals surface area (Å²) < 4.78 is 1.61. The molecule has 1 aromatic carbocycles. The van der Waals surface area contributed by atoms with Crippen LogP contribution in [0, 0.1) is 5.92 Å². The van der Waals surface area contributed by atoms with E-state index in [9.17, 15) is 4.79 Å². The zero-order valence-corrected chi connectivity index (χ0v) is 15.2. The molecule has 3 aliphatic rings. The Balaban J connectivity index is 1.19. The minimum atomic E-state index is -0.241. The van der Waals surface area contributed by atoms with Crippen molar-refractivity contribution in [3.8, 4) is 0 Å². The van der Waals surface area contributed by atoms with Crippen LogP contribution in [0.2, 0.25) is 0 Å². The Kier molecular flexibility index (Phi) is 4.35. The summed E-state index contributed by atoms with van der Waals surface area (Å²) in [5.41, 5.74) is 9.14. The Morgan fingerprint density at radius 2 is 1.81 bits per heavy atom. The van der Waals surface area contributed by atoms with Crippen molar-refractivity contribution in [1.29, 1.82) is 0 Å². The second-order valence-corrected chi connectivity index (χ2v) is 7.56. The molecule has 2 saturated heterocycles. The van der Waals surface area contributed by atoms with Crippen molar-refractivity contribution in [2.24, 2.45) is 5.92 Å². The molecule has 0 bridgehead atoms. The van der Waals surface area contributed by atoms with E-state index >= 15 is 0 Å². The number of nitrogens with one attached hydrogen (secondary N) is 2. The predicted octanol–water partition coefficient (Wildman–Crippen LogP) is -0.793. The van der Waals surface area contributed by atoms with Crippen molar-refractivity contribution in [1.82, 2.24) is 40.9 Å². The smallest absolute Gasteiger partial charge is 0.230 e. The number of hydrogen-bond acceptors (Lipinski definition) is 7. The van der Waals surface area contributed by atoms with Gasteiger partial charge in [0.1, 0.15) is 12.5 Å². The lowest BCUT2D eigenvalue weighted by Crippen LogP contribution is -2.54. The quantitative estimate of drug-likeness (QED) is 0.733. The molecule has 1 amide bonds. The maximum atomic E-state index is 13.1. The topological polar surface area (TPSA) is 91.2 Å². The van der Waals surface area contributed by atoms with E-state index in [1.165, 1.54) is 11.1 Å². The number of amides is 1. The number of hydrazine groups is 1. The molecule has 0 radical (unpaired) electrons. The molecule has 0 spiro atoms. The molecule has 27 heavy (non-hydrogen) atoms. The number of benzene rings is 1. The minimum Gasteiger partial charge on any atom is -0.340 e. The third kappa shape index (κ3) is 3.11. The molecule has 3 heterocycles. The van der Waals surface area contributed by atoms with E-state index in [1.807, 2.05) is 4.90 Å². The molecule has 1 aliphatic carbocycles. The summed E-state index contributed by atoms with van der Waals surface area (Å²) in [6, 6.07) is 9.32. The summed E-state index contributed by atoms with van der Waals surface area (Å²) in [6.07, 6.45) is 3.56. The third-order valence-corrected chi connectivity index (χ3v) is 6.09. The monoisotopic (exact) mass is 368 g/mol. The van der Waals surface area contributed by atoms with Gasteiger partial charge in [0, 0.05) is 38.8 Å². The molecule has 0 saturated carbocycles. The number of rotatable bonds is 3. The van der Waals surface area contributed by atoms with Crippen LogP contribution in [-0.4, -0.2) is 74.7 Å². The van der Waals surface area contributed by atoms with Crippen molar-refractivity contribution < 1.29 is 4.79 Å². The standard InChI is InChI=1S/C18H24N8O/c27-18(16-11-19-21-17(16)26-12-20-22-23-26)25-7-5-24(6-8-25)15-9-13-3-1-2-4-14(13)10-15/h1-4,12,15-17,19,21H,5-11H2. The van der Waals surface area contributed by atoms with Crippen LogP contribution in [0.3, 0.4) is 0 Å². The van der Waals surface area contributed by atoms with Crippen LogP contribution in [0.5, 0.6) is 0 Å². The molecule has 2 fully saturated rings. The van der Waals surface area contributed by atoms with Gasteiger partial charge < -0.3 is 4.90 Å². The molecule has 9 nitrogen and oxygen atoms in total. The zero-order chi connectivity index (χ0) is 18.2. The summed E-state index contributed by atoms with van der Waals surface area (Å²) in [4.78, 5) is 17.6. The van der Waals surface area contributed by atoms with Crippen LogP contribution < -0.4 is 10.9 Å². The molecule has 1 aromatic heterocycles. The van der Waals surface area contributed by atoms with E-state index in [-0.39, 0.29) is 18.0 Å². The van der Waals surface area contributed by atoms with Crippen molar-refractivity contribution in [3.05, 3.63) is 41.7 Å². The average molecular weight is 368 g/mol. The highest BCUT2D eigenvalue weighted by molar-refractivity contribution is 5.80. The number of carbonyl (C=O) groups excluding carboxylic acids is 1. The maximum absolute atomic E-state index is 13.1. The molecule has 2 aliphatic heterocycles. The van der Waals surface area contributed by atoms with Gasteiger partial charge in [0.05, 0.1) is 5.92 Å². The van der Waals surface area contributed by atoms with Gasteiger partial charge in [-0.2, -0.15) is 0 Å². The summed E-state index contributed by atoms with van der Waals surface area (Å²) >= 11 is 0. The van der Waals surface area contributed by atoms with Crippen LogP contribution in [-0.2, 0) is 17.6 Å². The highest BCUT2D eigenvalue weighted by Crippen LogP contribution is 2.27. The number of hydrogen-bond donors (Lipinski definition) is 2. The fourth-order valence-electron chi connectivity index (χ4n) is 4.59. The van der Waals surface area contributed by atoms with Crippen molar-refractivity contribution in [2.75, 3.05) is 32.7 Å². The Bertz CT molecular complexity index is 776. The van der Waals surface area contributed by atoms with Gasteiger partial charge in [-0.15, -0.1) is 5.10 Å². The summed E-state index contributed by atoms with van der Waals surface area (Å²) in [5.74, 6) is -0.0295. The SMILES string of the molecule is O=C(C1CNNC1n1cnnn1)N1CCN(C2Cc3ccccc3C2)CC1. The van der Waals surface area contributed by atoms with Gasteiger partial charge in [-0.25, -0.2) is 10.1 Å². The van der Waals surface area contributed by atoms with E-state index in [4.69, 9.17) is 0 Å². The van der Waals surface area contributed by atoms with Gasteiger partial charge in [-0.1, -0.05) is 24.3 Å². The second kappa shape index (κ2) is 6.99. The number of tetrazole rings is 1. The highest BCUT2D eigenvalue weighted by Gasteiger charge is 2.39. The fraction of sp³-hybridized carbons (Fsp3) is 0.556. The van der Waals surface area contributed by atoms with Crippen LogP contribution >= 0.6 is 0 Å². The molecular formula is C18H24N8O. The van der Waals surface area contributed by atoms with E-state index in [1.54, 1.807) is 11.0 Å². The molecule has 5 rings (SSSR count). The van der Waals surface area contributed by atoms with Gasteiger partial charge in [0.2, 0.25) is 5.91 Å². The molecule has 142 valence electrons. The lowest BCUT2D eigenvalue weighted by Gasteiger charge is -2.39. The van der Waals surface area contributed by atoms with Crippen LogP contribution in [0.25, 0.3) is 0 Å². The first kappa shape index (κ1) is 16.8. The largest absolute Gasteiger partial charge is 0.340 e. The minimum absolute atomic E-state index is 0.169. The molecular weight excluding hydrogens is 344 g/mol. The van der Waals surface area contributed by atoms with Crippen LogP contribution in [0.4, 0.5) is 0 Å². The molecule has 2 aromatic rings. The first-order valence-electron chi connectivity index (χ1n) is 9.60. The number of fused-ring (bicyclic) bond motifs is 1. The Morgan fingerprint density at radius 3 is 2.48 bits per heavy atom. The average Bonchev–Trinajstić information content (AvgIpc) is 3.47. The predicted molar refractivity (Wildman–Crippen MR) is 97.3 cm³/mol. The van der Waals surface area contributed by atoms with E-state index in [0.717, 1.165) is 39.0 Å². The van der Waals surface area contributed by atoms with Gasteiger partial charge >= 0.3 is 0 Å². The lowest BCUT2D eigenvalue weighted by atomic mass is 10.1. The number of piperazine rings is 1. The van der Waals surface area contributed by atoms with E-state index < -0.39 is 0 Å². The van der Waals surface area contributed by atoms with Crippen molar-refractivity contribution in [2.45, 2.75) is 25.0 Å². The zero-order valence-electron chi connectivity index (χ0n) is 15.2. The van der Waals surface area contributed by atoms with Crippen molar-refractivity contribution >= 4 is 5.91 Å². The first-order chi connectivity index (χ1) is 13.3. The number of aromatic nitrogens is 4. The number of carbonyl (C=O) groups is 1. The van der Waals surface area contributed by atoms with Crippen LogP contribution in [0.15, 0.2) is 30.6 Å². The Hall–Kier alpha value is -2.36. The molecule has 2 N–H and O–H groups in total. The summed E-state index contributed by atoms with van der Waals surface area (Å²) in [6.45, 7) is 4.03. The Labute approximate surface area is 157 Å². The van der Waals surface area contributed by atoms with Gasteiger partial charge in [0.15, 0.2) is 0 Å². The van der Waals surface area contributed by atoms with Gasteiger partial charge in [-0.05, 0) is 34.4 Å². The van der Waals surface area contributed by atoms with Gasteiger partial charge in [-0.3, -0.25) is 15.1 Å². The normalized spacial score (nSPS) is 26.4. The Morgan fingerprint density at radius 1 is 1.07 bits per heavy atom. The summed E-state index contributed by atoms with van der Waals surface area (Å²) in [5, 5.41) is 11.3. The molecule has 9 heteroatoms. The highest BCUT2D eigenvalue weighted by atomic mass is 16.2. The maximum Gasteiger partial charge on any atom is 0.230 e. The van der Waals surface area contributed by atoms with Crippen molar-refractivity contribution in [3.63, 3.8) is 0 Å². The molecule has 2 atom stereocenters. The third-order valence-electron chi connectivity index (χ3n) is 6.09. The van der Waals surface area contributed by atoms with Crippen LogP contribution in [0.1, 0.15) is 17.3 Å².